The van der Waals surface area contributed by atoms with Crippen LogP contribution in [0.1, 0.15) is 32.3 Å². The van der Waals surface area contributed by atoms with Crippen LogP contribution in [0.15, 0.2) is 42.5 Å². The third-order valence-electron chi connectivity index (χ3n) is 4.71. The van der Waals surface area contributed by atoms with Gasteiger partial charge in [0.15, 0.2) is 8.32 Å². The van der Waals surface area contributed by atoms with Crippen molar-refractivity contribution in [2.24, 2.45) is 0 Å². The van der Waals surface area contributed by atoms with Gasteiger partial charge in [-0.05, 0) is 38.5 Å². The Bertz CT molecular complexity index is 550. The molecule has 1 aromatic carbocycles. The fraction of sp³-hybridized carbons (Fsp3) is 0.556. The Morgan fingerprint density at radius 3 is 2.62 bits per heavy atom. The molecular weight excluding hydrogens is 276 g/mol. The van der Waals surface area contributed by atoms with Gasteiger partial charge < -0.3 is 9.16 Å². The van der Waals surface area contributed by atoms with Crippen LogP contribution in [0.4, 0.5) is 0 Å². The standard InChI is InChI=1S/C18H26O2Si/c1-14(2)11-18(15-9-7-6-8-10-15)13-17(3)16(19-17)12-21(4,5)20-18/h6-10,16H,1,11-13H2,2-5H3/t16-,17+,18-/m1/s1. The Hall–Kier alpha value is -0.903. The molecule has 0 amide bonds. The number of benzene rings is 1. The summed E-state index contributed by atoms with van der Waals surface area (Å²) in [7, 11) is -1.76. The van der Waals surface area contributed by atoms with E-state index in [9.17, 15) is 0 Å². The molecule has 2 nitrogen and oxygen atoms in total. The van der Waals surface area contributed by atoms with Crippen molar-refractivity contribution >= 4 is 8.32 Å². The molecule has 2 aliphatic rings. The van der Waals surface area contributed by atoms with E-state index in [-0.39, 0.29) is 11.2 Å². The molecule has 0 bridgehead atoms. The molecule has 21 heavy (non-hydrogen) atoms. The van der Waals surface area contributed by atoms with Gasteiger partial charge in [0.1, 0.15) is 0 Å². The summed E-state index contributed by atoms with van der Waals surface area (Å²) in [5.74, 6) is 0. The van der Waals surface area contributed by atoms with E-state index >= 15 is 0 Å². The highest BCUT2D eigenvalue weighted by molar-refractivity contribution is 6.71. The fourth-order valence-corrected chi connectivity index (χ4v) is 6.73. The minimum absolute atomic E-state index is 0.0218. The number of hydrogen-bond acceptors (Lipinski definition) is 2. The molecule has 3 atom stereocenters. The molecular formula is C18H26O2Si. The number of rotatable bonds is 3. The zero-order valence-corrected chi connectivity index (χ0v) is 14.6. The van der Waals surface area contributed by atoms with Gasteiger partial charge in [0.05, 0.1) is 17.3 Å². The molecule has 0 aromatic heterocycles. The van der Waals surface area contributed by atoms with Gasteiger partial charge in [-0.15, -0.1) is 6.58 Å². The summed E-state index contributed by atoms with van der Waals surface area (Å²) in [4.78, 5) is 0. The van der Waals surface area contributed by atoms with Gasteiger partial charge in [-0.3, -0.25) is 0 Å². The van der Waals surface area contributed by atoms with E-state index in [1.165, 1.54) is 11.1 Å². The second-order valence-electron chi connectivity index (χ2n) is 7.66. The summed E-state index contributed by atoms with van der Waals surface area (Å²) in [6.07, 6.45) is 2.19. The van der Waals surface area contributed by atoms with Gasteiger partial charge in [0.2, 0.25) is 0 Å². The maximum Gasteiger partial charge on any atom is 0.190 e. The monoisotopic (exact) mass is 302 g/mol. The second kappa shape index (κ2) is 4.80. The lowest BCUT2D eigenvalue weighted by Crippen LogP contribution is -2.43. The van der Waals surface area contributed by atoms with Crippen molar-refractivity contribution in [3.8, 4) is 0 Å². The van der Waals surface area contributed by atoms with E-state index in [4.69, 9.17) is 9.16 Å². The molecule has 0 unspecified atom stereocenters. The van der Waals surface area contributed by atoms with Crippen LogP contribution in [0.3, 0.4) is 0 Å². The number of epoxide rings is 1. The lowest BCUT2D eigenvalue weighted by molar-refractivity contribution is 0.0243. The van der Waals surface area contributed by atoms with E-state index in [1.54, 1.807) is 0 Å². The third kappa shape index (κ3) is 2.87. The third-order valence-corrected chi connectivity index (χ3v) is 7.01. The Morgan fingerprint density at radius 1 is 1.33 bits per heavy atom. The number of ether oxygens (including phenoxy) is 1. The Kier molecular flexibility index (Phi) is 3.43. The average molecular weight is 302 g/mol. The van der Waals surface area contributed by atoms with Crippen LogP contribution in [0.2, 0.25) is 19.1 Å². The van der Waals surface area contributed by atoms with Gasteiger partial charge in [-0.25, -0.2) is 0 Å². The summed E-state index contributed by atoms with van der Waals surface area (Å²) in [6.45, 7) is 13.1. The van der Waals surface area contributed by atoms with Crippen LogP contribution in [0.25, 0.3) is 0 Å². The van der Waals surface area contributed by atoms with Crippen molar-refractivity contribution < 1.29 is 9.16 Å². The first kappa shape index (κ1) is 15.0. The van der Waals surface area contributed by atoms with Crippen molar-refractivity contribution in [2.75, 3.05) is 0 Å². The highest BCUT2D eigenvalue weighted by Crippen LogP contribution is 2.55. The maximum absolute atomic E-state index is 6.85. The van der Waals surface area contributed by atoms with Gasteiger partial charge in [0.25, 0.3) is 0 Å². The van der Waals surface area contributed by atoms with Crippen molar-refractivity contribution in [1.82, 2.24) is 0 Å². The summed E-state index contributed by atoms with van der Waals surface area (Å²) in [6, 6.07) is 11.8. The molecule has 2 heterocycles. The van der Waals surface area contributed by atoms with Crippen LogP contribution in [0, 0.1) is 0 Å². The summed E-state index contributed by atoms with van der Waals surface area (Å²) in [5, 5.41) is 0. The Balaban J connectivity index is 2.07. The van der Waals surface area contributed by atoms with E-state index in [1.807, 2.05) is 0 Å². The first-order valence-corrected chi connectivity index (χ1v) is 10.9. The summed E-state index contributed by atoms with van der Waals surface area (Å²) >= 11 is 0. The minimum atomic E-state index is -1.76. The zero-order valence-electron chi connectivity index (χ0n) is 13.6. The predicted molar refractivity (Wildman–Crippen MR) is 88.8 cm³/mol. The first-order chi connectivity index (χ1) is 9.75. The van der Waals surface area contributed by atoms with E-state index < -0.39 is 8.32 Å². The van der Waals surface area contributed by atoms with E-state index in [0.717, 1.165) is 18.9 Å². The van der Waals surface area contributed by atoms with Crippen molar-refractivity contribution in [3.05, 3.63) is 48.0 Å². The van der Waals surface area contributed by atoms with E-state index in [0.29, 0.717) is 6.10 Å². The van der Waals surface area contributed by atoms with E-state index in [2.05, 4.69) is 63.9 Å². The smallest absolute Gasteiger partial charge is 0.190 e. The van der Waals surface area contributed by atoms with Crippen LogP contribution in [-0.4, -0.2) is 20.0 Å². The molecule has 0 saturated carbocycles. The molecule has 3 heteroatoms. The van der Waals surface area contributed by atoms with Crippen LogP contribution < -0.4 is 0 Å². The fourth-order valence-electron chi connectivity index (χ4n) is 3.92. The predicted octanol–water partition coefficient (Wildman–Crippen LogP) is 4.63. The largest absolute Gasteiger partial charge is 0.407 e. The lowest BCUT2D eigenvalue weighted by Gasteiger charge is -2.41. The molecule has 3 rings (SSSR count). The van der Waals surface area contributed by atoms with Crippen LogP contribution >= 0.6 is 0 Å². The Labute approximate surface area is 129 Å². The summed E-state index contributed by atoms with van der Waals surface area (Å²) in [5.41, 5.74) is 2.15. The zero-order chi connectivity index (χ0) is 15.3. The minimum Gasteiger partial charge on any atom is -0.407 e. The Morgan fingerprint density at radius 2 is 2.00 bits per heavy atom. The highest BCUT2D eigenvalue weighted by atomic mass is 28.4. The molecule has 2 aliphatic heterocycles. The first-order valence-electron chi connectivity index (χ1n) is 7.83. The summed E-state index contributed by atoms with van der Waals surface area (Å²) < 4.78 is 12.9. The molecule has 1 aromatic rings. The number of fused-ring (bicyclic) bond motifs is 1. The van der Waals surface area contributed by atoms with Crippen molar-refractivity contribution in [1.29, 1.82) is 0 Å². The number of hydrogen-bond donors (Lipinski definition) is 0. The van der Waals surface area contributed by atoms with Gasteiger partial charge >= 0.3 is 0 Å². The quantitative estimate of drug-likeness (QED) is 0.461. The molecule has 0 aliphatic carbocycles. The van der Waals surface area contributed by atoms with Gasteiger partial charge in [-0.2, -0.15) is 0 Å². The molecule has 114 valence electrons. The van der Waals surface area contributed by atoms with Crippen LogP contribution in [-0.2, 0) is 14.8 Å². The maximum atomic E-state index is 6.85. The van der Waals surface area contributed by atoms with Gasteiger partial charge in [-0.1, -0.05) is 35.9 Å². The normalized spacial score (nSPS) is 37.4. The molecule has 0 spiro atoms. The molecule has 0 radical (unpaired) electrons. The SMILES string of the molecule is C=C(C)C[C@]1(c2ccccc2)C[C@]2(C)O[C@@H]2C[Si](C)(C)O1. The highest BCUT2D eigenvalue weighted by Gasteiger charge is 2.62. The van der Waals surface area contributed by atoms with Crippen LogP contribution in [0.5, 0.6) is 0 Å². The molecule has 2 fully saturated rings. The lowest BCUT2D eigenvalue weighted by atomic mass is 9.80. The van der Waals surface area contributed by atoms with Crippen molar-refractivity contribution in [2.45, 2.75) is 63.1 Å². The topological polar surface area (TPSA) is 21.8 Å². The average Bonchev–Trinajstić information content (AvgIpc) is 2.97. The van der Waals surface area contributed by atoms with Gasteiger partial charge in [0, 0.05) is 12.8 Å². The van der Waals surface area contributed by atoms with Crippen molar-refractivity contribution in [3.63, 3.8) is 0 Å². The second-order valence-corrected chi connectivity index (χ2v) is 11.8. The molecule has 2 saturated heterocycles. The molecule has 0 N–H and O–H groups in total.